The van der Waals surface area contributed by atoms with Crippen molar-refractivity contribution < 1.29 is 14.7 Å². The van der Waals surface area contributed by atoms with Gasteiger partial charge in [-0.1, -0.05) is 0 Å². The molecule has 4 nitrogen and oxygen atoms in total. The van der Waals surface area contributed by atoms with E-state index >= 15 is 0 Å². The minimum atomic E-state index is -0.370. The molecule has 58 valence electrons. The van der Waals surface area contributed by atoms with Crippen molar-refractivity contribution in [3.05, 3.63) is 0 Å². The second kappa shape index (κ2) is 2.56. The number of morpholine rings is 1. The molecule has 1 aliphatic heterocycles. The van der Waals surface area contributed by atoms with E-state index in [1.54, 1.807) is 6.92 Å². The van der Waals surface area contributed by atoms with Crippen LogP contribution in [0.4, 0.5) is 0 Å². The Morgan fingerprint density at radius 3 is 2.80 bits per heavy atom. The zero-order valence-electron chi connectivity index (χ0n) is 6.07. The second-order valence-electron chi connectivity index (χ2n) is 2.50. The topological polar surface area (TPSA) is 49.8 Å². The molecule has 1 rings (SSSR count). The zero-order valence-corrected chi connectivity index (χ0v) is 6.07. The van der Waals surface area contributed by atoms with Gasteiger partial charge in [-0.05, 0) is 13.8 Å². The summed E-state index contributed by atoms with van der Waals surface area (Å²) in [7, 11) is 0. The molecule has 1 heterocycles. The highest BCUT2D eigenvalue weighted by Crippen LogP contribution is 2.10. The summed E-state index contributed by atoms with van der Waals surface area (Å²) in [6, 6.07) is -0.235. The lowest BCUT2D eigenvalue weighted by Crippen LogP contribution is -2.50. The summed E-state index contributed by atoms with van der Waals surface area (Å²) in [6.45, 7) is 3.55. The molecule has 0 aromatic carbocycles. The highest BCUT2D eigenvalue weighted by atomic mass is 16.6. The van der Waals surface area contributed by atoms with E-state index in [1.807, 2.05) is 6.92 Å². The van der Waals surface area contributed by atoms with E-state index in [1.165, 1.54) is 0 Å². The molecule has 1 aliphatic rings. The predicted octanol–water partition coefficient (Wildman–Crippen LogP) is 0.0114. The third-order valence-electron chi connectivity index (χ3n) is 1.79. The van der Waals surface area contributed by atoms with Crippen molar-refractivity contribution in [2.75, 3.05) is 6.61 Å². The van der Waals surface area contributed by atoms with Crippen LogP contribution in [0.25, 0.3) is 0 Å². The monoisotopic (exact) mass is 145 g/mol. The highest BCUT2D eigenvalue weighted by Gasteiger charge is 2.29. The molecule has 0 saturated carbocycles. The molecule has 4 heteroatoms. The Morgan fingerprint density at radius 2 is 2.30 bits per heavy atom. The van der Waals surface area contributed by atoms with Gasteiger partial charge in [0.1, 0.15) is 6.61 Å². The van der Waals surface area contributed by atoms with Gasteiger partial charge < -0.3 is 4.74 Å². The molecular formula is C6H11NO3. The highest BCUT2D eigenvalue weighted by molar-refractivity contribution is 5.77. The van der Waals surface area contributed by atoms with Crippen molar-refractivity contribution in [3.8, 4) is 0 Å². The van der Waals surface area contributed by atoms with Gasteiger partial charge in [-0.15, -0.1) is 0 Å². The molecule has 0 aromatic rings. The Hall–Kier alpha value is -0.610. The molecular weight excluding hydrogens is 134 g/mol. The quantitative estimate of drug-likeness (QED) is 0.488. The largest absolute Gasteiger partial charge is 0.366 e. The minimum absolute atomic E-state index is 0.0119. The average molecular weight is 145 g/mol. The Labute approximate surface area is 59.3 Å². The van der Waals surface area contributed by atoms with Crippen LogP contribution >= 0.6 is 0 Å². The number of ether oxygens (including phenoxy) is 1. The first-order valence-corrected chi connectivity index (χ1v) is 3.25. The lowest BCUT2D eigenvalue weighted by atomic mass is 10.2. The van der Waals surface area contributed by atoms with Gasteiger partial charge in [-0.3, -0.25) is 10.0 Å². The van der Waals surface area contributed by atoms with Gasteiger partial charge in [0.2, 0.25) is 0 Å². The molecule has 1 fully saturated rings. The van der Waals surface area contributed by atoms with Crippen LogP contribution in [0.1, 0.15) is 13.8 Å². The number of amides is 1. The van der Waals surface area contributed by atoms with E-state index in [2.05, 4.69) is 0 Å². The molecule has 1 saturated heterocycles. The van der Waals surface area contributed by atoms with Crippen LogP contribution in [0.2, 0.25) is 0 Å². The third-order valence-corrected chi connectivity index (χ3v) is 1.79. The number of nitrogens with zero attached hydrogens (tertiary/aromatic N) is 1. The molecule has 2 atom stereocenters. The maximum absolute atomic E-state index is 10.7. The van der Waals surface area contributed by atoms with Gasteiger partial charge in [0, 0.05) is 0 Å². The first-order chi connectivity index (χ1) is 4.63. The normalized spacial score (nSPS) is 34.7. The molecule has 0 radical (unpaired) electrons. The smallest absolute Gasteiger partial charge is 0.272 e. The fourth-order valence-corrected chi connectivity index (χ4v) is 0.834. The Bertz CT molecular complexity index is 148. The maximum Gasteiger partial charge on any atom is 0.272 e. The Morgan fingerprint density at radius 1 is 1.70 bits per heavy atom. The fourth-order valence-electron chi connectivity index (χ4n) is 0.834. The van der Waals surface area contributed by atoms with Gasteiger partial charge in [0.05, 0.1) is 12.1 Å². The minimum Gasteiger partial charge on any atom is -0.366 e. The molecule has 0 aromatic heterocycles. The lowest BCUT2D eigenvalue weighted by Gasteiger charge is -2.32. The average Bonchev–Trinajstić information content (AvgIpc) is 1.93. The van der Waals surface area contributed by atoms with Crippen LogP contribution in [-0.2, 0) is 9.53 Å². The van der Waals surface area contributed by atoms with E-state index in [0.717, 1.165) is 5.06 Å². The summed E-state index contributed by atoms with van der Waals surface area (Å²) in [6.07, 6.45) is -0.0808. The molecule has 1 amide bonds. The molecule has 0 spiro atoms. The lowest BCUT2D eigenvalue weighted by molar-refractivity contribution is -0.208. The summed E-state index contributed by atoms with van der Waals surface area (Å²) in [4.78, 5) is 10.7. The Kier molecular flexibility index (Phi) is 1.92. The standard InChI is InChI=1S/C6H11NO3/c1-4-5(2)10-3-6(8)7(4)9/h4-5,9H,3H2,1-2H3/t4-,5+/m1/s1. The summed E-state index contributed by atoms with van der Waals surface area (Å²) >= 11 is 0. The van der Waals surface area contributed by atoms with Crippen molar-refractivity contribution in [2.24, 2.45) is 0 Å². The van der Waals surface area contributed by atoms with Crippen molar-refractivity contribution in [1.82, 2.24) is 5.06 Å². The first-order valence-electron chi connectivity index (χ1n) is 3.25. The SMILES string of the molecule is C[C@@H]1OCC(=O)N(O)[C@@H]1C. The van der Waals surface area contributed by atoms with Crippen molar-refractivity contribution in [2.45, 2.75) is 26.0 Å². The maximum atomic E-state index is 10.7. The van der Waals surface area contributed by atoms with Crippen molar-refractivity contribution in [1.29, 1.82) is 0 Å². The van der Waals surface area contributed by atoms with Crippen molar-refractivity contribution in [3.63, 3.8) is 0 Å². The molecule has 10 heavy (non-hydrogen) atoms. The van der Waals surface area contributed by atoms with Gasteiger partial charge in [0.25, 0.3) is 5.91 Å². The van der Waals surface area contributed by atoms with Gasteiger partial charge in [-0.25, -0.2) is 5.06 Å². The number of carbonyl (C=O) groups is 1. The summed E-state index contributed by atoms with van der Waals surface area (Å²) < 4.78 is 5.02. The molecule has 0 unspecified atom stereocenters. The predicted molar refractivity (Wildman–Crippen MR) is 33.5 cm³/mol. The first kappa shape index (κ1) is 7.50. The van der Waals surface area contributed by atoms with E-state index in [-0.39, 0.29) is 24.7 Å². The summed E-state index contributed by atoms with van der Waals surface area (Å²) in [5, 5.41) is 9.75. The second-order valence-corrected chi connectivity index (χ2v) is 2.50. The molecule has 0 aliphatic carbocycles. The van der Waals surface area contributed by atoms with Crippen LogP contribution in [-0.4, -0.2) is 34.9 Å². The number of carbonyl (C=O) groups excluding carboxylic acids is 1. The fraction of sp³-hybridized carbons (Fsp3) is 0.833. The van der Waals surface area contributed by atoms with Crippen LogP contribution in [0.15, 0.2) is 0 Å². The zero-order chi connectivity index (χ0) is 7.72. The van der Waals surface area contributed by atoms with Crippen LogP contribution in [0.3, 0.4) is 0 Å². The third kappa shape index (κ3) is 1.12. The van der Waals surface area contributed by atoms with Gasteiger partial charge in [0.15, 0.2) is 0 Å². The van der Waals surface area contributed by atoms with Crippen molar-refractivity contribution >= 4 is 5.91 Å². The summed E-state index contributed by atoms with van der Waals surface area (Å²) in [5.41, 5.74) is 0. The molecule has 0 bridgehead atoms. The summed E-state index contributed by atoms with van der Waals surface area (Å²) in [5.74, 6) is -0.370. The van der Waals surface area contributed by atoms with Crippen LogP contribution < -0.4 is 0 Å². The number of hydrogen-bond donors (Lipinski definition) is 1. The molecule has 1 N–H and O–H groups in total. The van der Waals surface area contributed by atoms with E-state index in [0.29, 0.717) is 0 Å². The van der Waals surface area contributed by atoms with Crippen LogP contribution in [0, 0.1) is 0 Å². The van der Waals surface area contributed by atoms with Gasteiger partial charge in [-0.2, -0.15) is 0 Å². The Balaban J connectivity index is 2.60. The van der Waals surface area contributed by atoms with Gasteiger partial charge >= 0.3 is 0 Å². The van der Waals surface area contributed by atoms with E-state index in [9.17, 15) is 4.79 Å². The van der Waals surface area contributed by atoms with E-state index < -0.39 is 0 Å². The number of hydroxylamine groups is 2. The van der Waals surface area contributed by atoms with Crippen LogP contribution in [0.5, 0.6) is 0 Å². The van der Waals surface area contributed by atoms with E-state index in [4.69, 9.17) is 9.94 Å². The number of rotatable bonds is 0. The number of hydrogen-bond acceptors (Lipinski definition) is 3.